The van der Waals surface area contributed by atoms with Gasteiger partial charge >= 0.3 is 0 Å². The largest absolute Gasteiger partial charge is 0.383 e. The Morgan fingerprint density at radius 1 is 1.42 bits per heavy atom. The summed E-state index contributed by atoms with van der Waals surface area (Å²) < 4.78 is 5.01. The van der Waals surface area contributed by atoms with Crippen LogP contribution in [-0.4, -0.2) is 31.1 Å². The predicted molar refractivity (Wildman–Crippen MR) is 83.6 cm³/mol. The van der Waals surface area contributed by atoms with Crippen LogP contribution in [0.4, 0.5) is 0 Å². The van der Waals surface area contributed by atoms with Crippen molar-refractivity contribution in [3.05, 3.63) is 35.4 Å². The molecule has 2 N–H and O–H groups in total. The predicted octanol–water partition coefficient (Wildman–Crippen LogP) is 2.08. The van der Waals surface area contributed by atoms with E-state index in [1.807, 2.05) is 19.1 Å². The van der Waals surface area contributed by atoms with Crippen molar-refractivity contribution in [3.63, 3.8) is 0 Å². The van der Waals surface area contributed by atoms with Gasteiger partial charge in [-0.3, -0.25) is 5.43 Å². The van der Waals surface area contributed by atoms with Crippen LogP contribution in [0.2, 0.25) is 0 Å². The Morgan fingerprint density at radius 2 is 2.11 bits per heavy atom. The van der Waals surface area contributed by atoms with Crippen molar-refractivity contribution < 1.29 is 4.74 Å². The van der Waals surface area contributed by atoms with Crippen LogP contribution in [-0.2, 0) is 11.2 Å². The summed E-state index contributed by atoms with van der Waals surface area (Å²) in [6, 6.07) is 8.42. The first-order valence-corrected chi connectivity index (χ1v) is 6.74. The summed E-state index contributed by atoms with van der Waals surface area (Å²) in [6.07, 6.45) is 2.79. The fraction of sp³-hybridized carbons (Fsp3) is 0.429. The number of benzene rings is 1. The highest BCUT2D eigenvalue weighted by atomic mass is 32.1. The molecule has 4 nitrogen and oxygen atoms in total. The number of ether oxygens (including phenoxy) is 1. The minimum atomic E-state index is 0.157. The molecule has 0 bridgehead atoms. The van der Waals surface area contributed by atoms with Crippen molar-refractivity contribution in [1.29, 1.82) is 0 Å². The fourth-order valence-corrected chi connectivity index (χ4v) is 1.81. The highest BCUT2D eigenvalue weighted by Gasteiger charge is 2.01. The number of aryl methyl sites for hydroxylation is 1. The van der Waals surface area contributed by atoms with Crippen LogP contribution in [0.1, 0.15) is 25.0 Å². The van der Waals surface area contributed by atoms with Gasteiger partial charge in [0, 0.05) is 13.2 Å². The summed E-state index contributed by atoms with van der Waals surface area (Å²) in [6.45, 7) is 4.73. The molecule has 104 valence electrons. The molecular formula is C14H21N3OS. The first-order chi connectivity index (χ1) is 9.15. The Morgan fingerprint density at radius 3 is 2.68 bits per heavy atom. The molecule has 5 heteroatoms. The quantitative estimate of drug-likeness (QED) is 0.475. The van der Waals surface area contributed by atoms with Crippen LogP contribution in [0.5, 0.6) is 0 Å². The zero-order valence-electron chi connectivity index (χ0n) is 11.6. The third-order valence-corrected chi connectivity index (χ3v) is 2.77. The van der Waals surface area contributed by atoms with Crippen LogP contribution >= 0.6 is 12.2 Å². The number of thiocarbonyl (C=S) groups is 1. The zero-order valence-corrected chi connectivity index (χ0v) is 12.5. The molecule has 0 amide bonds. The van der Waals surface area contributed by atoms with Gasteiger partial charge < -0.3 is 10.1 Å². The SMILES string of the molecule is CCc1ccc(/C=N\NC(=S)N[C@H](C)COC)cc1. The summed E-state index contributed by atoms with van der Waals surface area (Å²) in [5, 5.41) is 7.65. The first-order valence-electron chi connectivity index (χ1n) is 6.33. The number of methoxy groups -OCH3 is 1. The molecule has 1 aromatic rings. The maximum Gasteiger partial charge on any atom is 0.187 e. The Labute approximate surface area is 120 Å². The van der Waals surface area contributed by atoms with Crippen LogP contribution in [0.25, 0.3) is 0 Å². The van der Waals surface area contributed by atoms with Gasteiger partial charge in [0.05, 0.1) is 12.8 Å². The number of nitrogens with zero attached hydrogens (tertiary/aromatic N) is 1. The third kappa shape index (κ3) is 6.31. The molecule has 1 rings (SSSR count). The van der Waals surface area contributed by atoms with Crippen molar-refractivity contribution in [1.82, 2.24) is 10.7 Å². The number of rotatable bonds is 6. The molecule has 0 aromatic heterocycles. The molecule has 0 unspecified atom stereocenters. The second kappa shape index (κ2) is 8.61. The van der Waals surface area contributed by atoms with Crippen molar-refractivity contribution in [3.8, 4) is 0 Å². The van der Waals surface area contributed by atoms with Gasteiger partial charge in [0.25, 0.3) is 0 Å². The van der Waals surface area contributed by atoms with Gasteiger partial charge in [-0.1, -0.05) is 31.2 Å². The van der Waals surface area contributed by atoms with E-state index in [0.717, 1.165) is 12.0 Å². The maximum atomic E-state index is 5.11. The number of nitrogens with one attached hydrogen (secondary N) is 2. The average molecular weight is 279 g/mol. The molecule has 0 aliphatic heterocycles. The fourth-order valence-electron chi connectivity index (χ4n) is 1.55. The lowest BCUT2D eigenvalue weighted by molar-refractivity contribution is 0.179. The Bertz CT molecular complexity index is 417. The molecule has 0 heterocycles. The van der Waals surface area contributed by atoms with E-state index in [2.05, 4.69) is 34.9 Å². The zero-order chi connectivity index (χ0) is 14.1. The summed E-state index contributed by atoms with van der Waals surface area (Å²) in [4.78, 5) is 0. The van der Waals surface area contributed by atoms with Gasteiger partial charge in [-0.25, -0.2) is 0 Å². The molecule has 19 heavy (non-hydrogen) atoms. The lowest BCUT2D eigenvalue weighted by Crippen LogP contribution is -2.40. The van der Waals surface area contributed by atoms with E-state index in [1.165, 1.54) is 5.56 Å². The molecule has 0 saturated carbocycles. The monoisotopic (exact) mass is 279 g/mol. The normalized spacial score (nSPS) is 12.4. The van der Waals surface area contributed by atoms with Crippen LogP contribution < -0.4 is 10.7 Å². The van der Waals surface area contributed by atoms with Crippen LogP contribution in [0.3, 0.4) is 0 Å². The van der Waals surface area contributed by atoms with E-state index in [0.29, 0.717) is 11.7 Å². The number of hydrogen-bond donors (Lipinski definition) is 2. The molecule has 0 saturated heterocycles. The Balaban J connectivity index is 2.38. The van der Waals surface area contributed by atoms with Crippen molar-refractivity contribution in [2.75, 3.05) is 13.7 Å². The van der Waals surface area contributed by atoms with Gasteiger partial charge in [0.15, 0.2) is 5.11 Å². The first kappa shape index (κ1) is 15.6. The van der Waals surface area contributed by atoms with Crippen molar-refractivity contribution in [2.24, 2.45) is 5.10 Å². The second-order valence-electron chi connectivity index (χ2n) is 4.29. The van der Waals surface area contributed by atoms with Crippen LogP contribution in [0.15, 0.2) is 29.4 Å². The van der Waals surface area contributed by atoms with E-state index >= 15 is 0 Å². The van der Waals surface area contributed by atoms with Gasteiger partial charge in [0.2, 0.25) is 0 Å². The third-order valence-electron chi connectivity index (χ3n) is 2.56. The second-order valence-corrected chi connectivity index (χ2v) is 4.70. The summed E-state index contributed by atoms with van der Waals surface area (Å²) >= 11 is 5.11. The van der Waals surface area contributed by atoms with E-state index in [-0.39, 0.29) is 6.04 Å². The van der Waals surface area contributed by atoms with Gasteiger partial charge in [0.1, 0.15) is 0 Å². The summed E-state index contributed by atoms with van der Waals surface area (Å²) in [5.74, 6) is 0. The van der Waals surface area contributed by atoms with Gasteiger partial charge in [-0.05, 0) is 36.7 Å². The highest BCUT2D eigenvalue weighted by molar-refractivity contribution is 7.80. The topological polar surface area (TPSA) is 45.7 Å². The minimum absolute atomic E-state index is 0.157. The smallest absolute Gasteiger partial charge is 0.187 e. The molecule has 0 aliphatic carbocycles. The van der Waals surface area contributed by atoms with Crippen LogP contribution in [0, 0.1) is 0 Å². The summed E-state index contributed by atoms with van der Waals surface area (Å²) in [7, 11) is 1.66. The molecule has 0 spiro atoms. The Kier molecular flexibility index (Phi) is 7.07. The maximum absolute atomic E-state index is 5.11. The molecule has 0 fully saturated rings. The standard InChI is InChI=1S/C14H21N3OS/c1-4-12-5-7-13(8-6-12)9-15-17-14(19)16-11(2)10-18-3/h5-9,11H,4,10H2,1-3H3,(H2,16,17,19)/b15-9-/t11-/m1/s1. The van der Waals surface area contributed by atoms with Gasteiger partial charge in [-0.15, -0.1) is 0 Å². The van der Waals surface area contributed by atoms with Crippen molar-refractivity contribution in [2.45, 2.75) is 26.3 Å². The lowest BCUT2D eigenvalue weighted by Gasteiger charge is -2.13. The molecule has 0 radical (unpaired) electrons. The summed E-state index contributed by atoms with van der Waals surface area (Å²) in [5.41, 5.74) is 5.14. The van der Waals surface area contributed by atoms with Gasteiger partial charge in [-0.2, -0.15) is 5.10 Å². The molecule has 0 aliphatic rings. The van der Waals surface area contributed by atoms with E-state index in [4.69, 9.17) is 17.0 Å². The number of hydrogen-bond acceptors (Lipinski definition) is 3. The molecule has 1 atom stereocenters. The van der Waals surface area contributed by atoms with E-state index in [1.54, 1.807) is 13.3 Å². The van der Waals surface area contributed by atoms with E-state index in [9.17, 15) is 0 Å². The molecular weight excluding hydrogens is 258 g/mol. The number of hydrazone groups is 1. The van der Waals surface area contributed by atoms with Crippen molar-refractivity contribution >= 4 is 23.5 Å². The van der Waals surface area contributed by atoms with E-state index < -0.39 is 0 Å². The Hall–Kier alpha value is -1.46. The average Bonchev–Trinajstić information content (AvgIpc) is 2.39. The molecule has 1 aromatic carbocycles. The minimum Gasteiger partial charge on any atom is -0.383 e. The lowest BCUT2D eigenvalue weighted by atomic mass is 10.1. The highest BCUT2D eigenvalue weighted by Crippen LogP contribution is 2.02.